The molecule has 0 bridgehead atoms. The van der Waals surface area contributed by atoms with Gasteiger partial charge in [0.15, 0.2) is 5.82 Å². The molecular formula is C25H27N5O3. The lowest BCUT2D eigenvalue weighted by Crippen LogP contribution is -2.48. The number of primary amides is 1. The van der Waals surface area contributed by atoms with Crippen LogP contribution >= 0.6 is 0 Å². The van der Waals surface area contributed by atoms with Gasteiger partial charge in [0.1, 0.15) is 0 Å². The van der Waals surface area contributed by atoms with Crippen molar-refractivity contribution in [3.63, 3.8) is 0 Å². The number of hydrogen-bond donors (Lipinski definition) is 1. The lowest BCUT2D eigenvalue weighted by atomic mass is 10.00. The summed E-state index contributed by atoms with van der Waals surface area (Å²) < 4.78 is 5.30. The highest BCUT2D eigenvalue weighted by molar-refractivity contribution is 5.95. The molecule has 2 N–H and O–H groups in total. The Morgan fingerprint density at radius 2 is 1.45 bits per heavy atom. The summed E-state index contributed by atoms with van der Waals surface area (Å²) in [5, 5.41) is 3.88. The molecule has 2 aromatic carbocycles. The van der Waals surface area contributed by atoms with E-state index in [9.17, 15) is 9.59 Å². The Labute approximate surface area is 192 Å². The SMILES string of the molecule is Cc1noc(N2CCC(N(C(=O)c3ccc(-c4ccc(C(N)=O)cc4)cc3)C3CC3)CC2)n1. The van der Waals surface area contributed by atoms with Gasteiger partial charge in [-0.3, -0.25) is 9.59 Å². The maximum Gasteiger partial charge on any atom is 0.324 e. The Balaban J connectivity index is 1.27. The summed E-state index contributed by atoms with van der Waals surface area (Å²) in [6.07, 6.45) is 3.90. The molecule has 0 atom stereocenters. The molecule has 1 saturated heterocycles. The number of carbonyl (C=O) groups is 2. The molecule has 3 aromatic rings. The molecule has 2 fully saturated rings. The van der Waals surface area contributed by atoms with Crippen molar-refractivity contribution in [2.75, 3.05) is 18.0 Å². The first kappa shape index (κ1) is 21.2. The fraction of sp³-hybridized carbons (Fsp3) is 0.360. The summed E-state index contributed by atoms with van der Waals surface area (Å²) in [6, 6.07) is 16.0. The molecule has 0 unspecified atom stereocenters. The van der Waals surface area contributed by atoms with Gasteiger partial charge in [0.25, 0.3) is 5.91 Å². The van der Waals surface area contributed by atoms with Crippen LogP contribution in [0.15, 0.2) is 53.1 Å². The van der Waals surface area contributed by atoms with Gasteiger partial charge >= 0.3 is 6.01 Å². The zero-order valence-electron chi connectivity index (χ0n) is 18.6. The second kappa shape index (κ2) is 8.69. The van der Waals surface area contributed by atoms with E-state index in [1.54, 1.807) is 12.1 Å². The third kappa shape index (κ3) is 4.46. The quantitative estimate of drug-likeness (QED) is 0.623. The third-order valence-electron chi connectivity index (χ3n) is 6.45. The van der Waals surface area contributed by atoms with Crippen LogP contribution in [0.25, 0.3) is 11.1 Å². The number of piperidine rings is 1. The number of anilines is 1. The largest absolute Gasteiger partial charge is 0.366 e. The number of nitrogens with two attached hydrogens (primary N) is 1. The van der Waals surface area contributed by atoms with E-state index in [2.05, 4.69) is 19.9 Å². The Morgan fingerprint density at radius 3 is 1.94 bits per heavy atom. The first-order chi connectivity index (χ1) is 16.0. The van der Waals surface area contributed by atoms with Crippen molar-refractivity contribution in [2.24, 2.45) is 5.73 Å². The van der Waals surface area contributed by atoms with Crippen molar-refractivity contribution in [1.82, 2.24) is 15.0 Å². The number of aromatic nitrogens is 2. The topological polar surface area (TPSA) is 106 Å². The van der Waals surface area contributed by atoms with Crippen LogP contribution in [0.3, 0.4) is 0 Å². The number of amides is 2. The van der Waals surface area contributed by atoms with Crippen molar-refractivity contribution in [3.05, 3.63) is 65.5 Å². The lowest BCUT2D eigenvalue weighted by molar-refractivity contribution is 0.0629. The van der Waals surface area contributed by atoms with Crippen LogP contribution in [0, 0.1) is 6.92 Å². The summed E-state index contributed by atoms with van der Waals surface area (Å²) >= 11 is 0. The number of nitrogens with zero attached hydrogens (tertiary/aromatic N) is 4. The molecule has 0 radical (unpaired) electrons. The summed E-state index contributed by atoms with van der Waals surface area (Å²) in [5.41, 5.74) is 8.46. The van der Waals surface area contributed by atoms with Gasteiger partial charge in [-0.05, 0) is 68.0 Å². The minimum Gasteiger partial charge on any atom is -0.366 e. The smallest absolute Gasteiger partial charge is 0.324 e. The highest BCUT2D eigenvalue weighted by Gasteiger charge is 2.39. The number of carbonyl (C=O) groups excluding carboxylic acids is 2. The van der Waals surface area contributed by atoms with Gasteiger partial charge in [-0.15, -0.1) is 0 Å². The van der Waals surface area contributed by atoms with E-state index in [1.165, 1.54) is 0 Å². The van der Waals surface area contributed by atoms with Crippen LogP contribution < -0.4 is 10.6 Å². The van der Waals surface area contributed by atoms with Gasteiger partial charge in [0.2, 0.25) is 5.91 Å². The standard InChI is InChI=1S/C25H27N5O3/c1-16-27-25(33-28-16)29-14-12-22(13-15-29)30(21-10-11-21)24(32)20-8-4-18(5-9-20)17-2-6-19(7-3-17)23(26)31/h2-9,21-22H,10-15H2,1H3,(H2,26,31). The van der Waals surface area contributed by atoms with Crippen LogP contribution in [0.4, 0.5) is 6.01 Å². The van der Waals surface area contributed by atoms with E-state index in [0.717, 1.165) is 49.9 Å². The summed E-state index contributed by atoms with van der Waals surface area (Å²) in [5.74, 6) is 0.287. The monoisotopic (exact) mass is 445 g/mol. The summed E-state index contributed by atoms with van der Waals surface area (Å²) in [7, 11) is 0. The molecule has 1 aliphatic heterocycles. The van der Waals surface area contributed by atoms with Crippen LogP contribution in [-0.2, 0) is 0 Å². The number of aryl methyl sites for hydroxylation is 1. The summed E-state index contributed by atoms with van der Waals surface area (Å²) in [4.78, 5) is 33.3. The molecule has 33 heavy (non-hydrogen) atoms. The van der Waals surface area contributed by atoms with Gasteiger partial charge < -0.3 is 20.1 Å². The van der Waals surface area contributed by atoms with E-state index in [1.807, 2.05) is 43.3 Å². The van der Waals surface area contributed by atoms with Crippen molar-refractivity contribution in [2.45, 2.75) is 44.7 Å². The van der Waals surface area contributed by atoms with Crippen molar-refractivity contribution in [1.29, 1.82) is 0 Å². The summed E-state index contributed by atoms with van der Waals surface area (Å²) in [6.45, 7) is 3.40. The molecule has 0 spiro atoms. The molecule has 5 rings (SSSR count). The van der Waals surface area contributed by atoms with Crippen molar-refractivity contribution >= 4 is 17.8 Å². The predicted octanol–water partition coefficient (Wildman–Crippen LogP) is 3.42. The van der Waals surface area contributed by atoms with Gasteiger partial charge in [-0.2, -0.15) is 4.98 Å². The average molecular weight is 446 g/mol. The Kier molecular flexibility index (Phi) is 5.58. The Hall–Kier alpha value is -3.68. The Morgan fingerprint density at radius 1 is 0.909 bits per heavy atom. The molecule has 2 amide bonds. The molecule has 1 saturated carbocycles. The zero-order valence-corrected chi connectivity index (χ0v) is 18.6. The predicted molar refractivity (Wildman–Crippen MR) is 124 cm³/mol. The minimum atomic E-state index is -0.444. The highest BCUT2D eigenvalue weighted by Crippen LogP contribution is 2.34. The molecule has 2 aliphatic rings. The molecule has 2 heterocycles. The van der Waals surface area contributed by atoms with Gasteiger partial charge in [0.05, 0.1) is 0 Å². The second-order valence-corrected chi connectivity index (χ2v) is 8.80. The second-order valence-electron chi connectivity index (χ2n) is 8.80. The molecule has 8 nitrogen and oxygen atoms in total. The normalized spacial score (nSPS) is 16.6. The third-order valence-corrected chi connectivity index (χ3v) is 6.45. The fourth-order valence-corrected chi connectivity index (χ4v) is 4.51. The molecular weight excluding hydrogens is 418 g/mol. The number of rotatable bonds is 6. The average Bonchev–Trinajstić information content (AvgIpc) is 3.58. The van der Waals surface area contributed by atoms with Gasteiger partial charge in [-0.25, -0.2) is 0 Å². The van der Waals surface area contributed by atoms with E-state index in [4.69, 9.17) is 10.3 Å². The van der Waals surface area contributed by atoms with E-state index >= 15 is 0 Å². The van der Waals surface area contributed by atoms with E-state index < -0.39 is 5.91 Å². The Bertz CT molecular complexity index is 1140. The van der Waals surface area contributed by atoms with Gasteiger partial charge in [0, 0.05) is 36.3 Å². The van der Waals surface area contributed by atoms with Crippen LogP contribution in [0.5, 0.6) is 0 Å². The maximum absolute atomic E-state index is 13.5. The zero-order chi connectivity index (χ0) is 22.9. The fourth-order valence-electron chi connectivity index (χ4n) is 4.51. The molecule has 1 aromatic heterocycles. The lowest BCUT2D eigenvalue weighted by Gasteiger charge is -2.38. The first-order valence-electron chi connectivity index (χ1n) is 11.4. The van der Waals surface area contributed by atoms with Crippen LogP contribution in [0.1, 0.15) is 52.2 Å². The first-order valence-corrected chi connectivity index (χ1v) is 11.4. The number of hydrogen-bond acceptors (Lipinski definition) is 6. The van der Waals surface area contributed by atoms with E-state index in [0.29, 0.717) is 29.0 Å². The molecule has 1 aliphatic carbocycles. The number of benzene rings is 2. The highest BCUT2D eigenvalue weighted by atomic mass is 16.5. The molecule has 170 valence electrons. The van der Waals surface area contributed by atoms with Crippen LogP contribution in [-0.4, -0.2) is 52.0 Å². The van der Waals surface area contributed by atoms with Crippen molar-refractivity contribution in [3.8, 4) is 11.1 Å². The van der Waals surface area contributed by atoms with E-state index in [-0.39, 0.29) is 11.9 Å². The minimum absolute atomic E-state index is 0.0974. The van der Waals surface area contributed by atoms with Gasteiger partial charge in [-0.1, -0.05) is 29.4 Å². The maximum atomic E-state index is 13.5. The van der Waals surface area contributed by atoms with Crippen LogP contribution in [0.2, 0.25) is 0 Å². The van der Waals surface area contributed by atoms with Crippen molar-refractivity contribution < 1.29 is 14.1 Å². The molecule has 8 heteroatoms.